The van der Waals surface area contributed by atoms with Crippen LogP contribution in [0.2, 0.25) is 5.02 Å². The summed E-state index contributed by atoms with van der Waals surface area (Å²) in [6, 6.07) is 9.74. The fourth-order valence-electron chi connectivity index (χ4n) is 2.24. The maximum Gasteiger partial charge on any atom is 0.143 e. The first-order valence-corrected chi connectivity index (χ1v) is 7.81. The van der Waals surface area contributed by atoms with Crippen LogP contribution in [0.1, 0.15) is 24.1 Å². The zero-order valence-electron chi connectivity index (χ0n) is 11.5. The molecule has 0 spiro atoms. The van der Waals surface area contributed by atoms with Gasteiger partial charge in [-0.2, -0.15) is 0 Å². The van der Waals surface area contributed by atoms with E-state index in [9.17, 15) is 8.78 Å². The molecule has 0 saturated heterocycles. The Morgan fingerprint density at radius 2 is 2.00 bits per heavy atom. The lowest BCUT2D eigenvalue weighted by molar-refractivity contribution is 0.497. The van der Waals surface area contributed by atoms with Gasteiger partial charge in [-0.1, -0.05) is 30.7 Å². The van der Waals surface area contributed by atoms with Crippen LogP contribution in [0.15, 0.2) is 40.9 Å². The minimum atomic E-state index is -0.556. The average Bonchev–Trinajstić information content (AvgIpc) is 2.46. The first-order valence-electron chi connectivity index (χ1n) is 6.64. The Balaban J connectivity index is 2.35. The van der Waals surface area contributed by atoms with Gasteiger partial charge in [0.2, 0.25) is 0 Å². The second-order valence-corrected chi connectivity index (χ2v) is 5.98. The van der Waals surface area contributed by atoms with Gasteiger partial charge in [0.25, 0.3) is 0 Å². The number of hydrogen-bond donors (Lipinski definition) is 1. The molecular weight excluding hydrogens is 360 g/mol. The van der Waals surface area contributed by atoms with Crippen LogP contribution in [0.5, 0.6) is 0 Å². The molecule has 0 aromatic heterocycles. The summed E-state index contributed by atoms with van der Waals surface area (Å²) in [5, 5.41) is 3.84. The molecule has 5 heteroatoms. The molecule has 0 saturated carbocycles. The SMILES string of the molecule is CCNC(Cc1c(F)ccc(Br)c1F)c1cccc(Cl)c1. The Bertz CT molecular complexity index is 634. The van der Waals surface area contributed by atoms with Crippen LogP contribution < -0.4 is 5.32 Å². The first-order chi connectivity index (χ1) is 10.0. The number of rotatable bonds is 5. The Hall–Kier alpha value is -0.970. The molecule has 1 nitrogen and oxygen atoms in total. The number of hydrogen-bond acceptors (Lipinski definition) is 1. The van der Waals surface area contributed by atoms with E-state index >= 15 is 0 Å². The van der Waals surface area contributed by atoms with Gasteiger partial charge in [-0.25, -0.2) is 8.78 Å². The Labute approximate surface area is 136 Å². The van der Waals surface area contributed by atoms with E-state index in [1.165, 1.54) is 12.1 Å². The normalized spacial score (nSPS) is 12.4. The second kappa shape index (κ2) is 7.34. The van der Waals surface area contributed by atoms with E-state index in [2.05, 4.69) is 21.2 Å². The van der Waals surface area contributed by atoms with Crippen molar-refractivity contribution in [2.75, 3.05) is 6.54 Å². The third-order valence-electron chi connectivity index (χ3n) is 3.25. The second-order valence-electron chi connectivity index (χ2n) is 4.69. The lowest BCUT2D eigenvalue weighted by atomic mass is 9.98. The minimum absolute atomic E-state index is 0.0651. The lowest BCUT2D eigenvalue weighted by Crippen LogP contribution is -2.24. The quantitative estimate of drug-likeness (QED) is 0.703. The van der Waals surface area contributed by atoms with E-state index in [0.717, 1.165) is 5.56 Å². The van der Waals surface area contributed by atoms with Crippen molar-refractivity contribution in [1.82, 2.24) is 5.32 Å². The van der Waals surface area contributed by atoms with Crippen molar-refractivity contribution in [3.63, 3.8) is 0 Å². The first kappa shape index (κ1) is 16.4. The summed E-state index contributed by atoms with van der Waals surface area (Å²) in [5.74, 6) is -1.10. The summed E-state index contributed by atoms with van der Waals surface area (Å²) in [5.41, 5.74) is 0.971. The van der Waals surface area contributed by atoms with Gasteiger partial charge in [0, 0.05) is 16.6 Å². The van der Waals surface area contributed by atoms with Crippen molar-refractivity contribution in [2.45, 2.75) is 19.4 Å². The van der Waals surface area contributed by atoms with Gasteiger partial charge in [-0.3, -0.25) is 0 Å². The minimum Gasteiger partial charge on any atom is -0.310 e. The molecule has 1 atom stereocenters. The molecule has 2 aromatic carbocycles. The van der Waals surface area contributed by atoms with Gasteiger partial charge < -0.3 is 5.32 Å². The summed E-state index contributed by atoms with van der Waals surface area (Å²) >= 11 is 9.09. The highest BCUT2D eigenvalue weighted by Gasteiger charge is 2.18. The van der Waals surface area contributed by atoms with Gasteiger partial charge in [0.15, 0.2) is 0 Å². The standard InChI is InChI=1S/C16H15BrClF2N/c1-2-21-15(10-4-3-5-11(18)8-10)9-12-14(19)7-6-13(17)16(12)20/h3-8,15,21H,2,9H2,1H3. The fourth-order valence-corrected chi connectivity index (χ4v) is 2.81. The third-order valence-corrected chi connectivity index (χ3v) is 4.10. The maximum absolute atomic E-state index is 14.1. The number of nitrogens with one attached hydrogen (secondary N) is 1. The maximum atomic E-state index is 14.1. The zero-order valence-corrected chi connectivity index (χ0v) is 13.8. The summed E-state index contributed by atoms with van der Waals surface area (Å²) in [6.07, 6.45) is 0.214. The van der Waals surface area contributed by atoms with E-state index in [0.29, 0.717) is 11.6 Å². The molecule has 112 valence electrons. The highest BCUT2D eigenvalue weighted by molar-refractivity contribution is 9.10. The summed E-state index contributed by atoms with van der Waals surface area (Å²) in [4.78, 5) is 0. The Morgan fingerprint density at radius 3 is 2.67 bits per heavy atom. The Morgan fingerprint density at radius 1 is 1.24 bits per heavy atom. The molecule has 2 rings (SSSR count). The van der Waals surface area contributed by atoms with Gasteiger partial charge in [-0.05, 0) is 58.7 Å². The molecule has 0 bridgehead atoms. The molecule has 0 aliphatic heterocycles. The van der Waals surface area contributed by atoms with E-state index in [1.54, 1.807) is 6.07 Å². The summed E-state index contributed by atoms with van der Waals surface area (Å²) in [7, 11) is 0. The highest BCUT2D eigenvalue weighted by atomic mass is 79.9. The molecule has 0 aliphatic rings. The molecule has 2 aromatic rings. The van der Waals surface area contributed by atoms with Crippen molar-refractivity contribution >= 4 is 27.5 Å². The molecule has 0 amide bonds. The van der Waals surface area contributed by atoms with Crippen LogP contribution in [0, 0.1) is 11.6 Å². The van der Waals surface area contributed by atoms with Crippen molar-refractivity contribution in [1.29, 1.82) is 0 Å². The average molecular weight is 375 g/mol. The predicted octanol–water partition coefficient (Wildman–Crippen LogP) is 5.27. The van der Waals surface area contributed by atoms with Crippen molar-refractivity contribution in [3.05, 3.63) is 68.7 Å². The van der Waals surface area contributed by atoms with Crippen LogP contribution >= 0.6 is 27.5 Å². The largest absolute Gasteiger partial charge is 0.310 e. The van der Waals surface area contributed by atoms with Crippen LogP contribution in [0.25, 0.3) is 0 Å². The summed E-state index contributed by atoms with van der Waals surface area (Å²) < 4.78 is 28.3. The van der Waals surface area contributed by atoms with E-state index in [1.807, 2.05) is 25.1 Å². The monoisotopic (exact) mass is 373 g/mol. The van der Waals surface area contributed by atoms with E-state index in [-0.39, 0.29) is 22.5 Å². The molecule has 0 heterocycles. The number of likely N-dealkylation sites (N-methyl/N-ethyl adjacent to an activating group) is 1. The van der Waals surface area contributed by atoms with Crippen molar-refractivity contribution in [3.8, 4) is 0 Å². The van der Waals surface area contributed by atoms with E-state index < -0.39 is 11.6 Å². The lowest BCUT2D eigenvalue weighted by Gasteiger charge is -2.19. The fraction of sp³-hybridized carbons (Fsp3) is 0.250. The zero-order chi connectivity index (χ0) is 15.4. The van der Waals surface area contributed by atoms with Gasteiger partial charge in [0.1, 0.15) is 11.6 Å². The van der Waals surface area contributed by atoms with Crippen LogP contribution in [-0.4, -0.2) is 6.54 Å². The molecule has 21 heavy (non-hydrogen) atoms. The number of halogens is 4. The van der Waals surface area contributed by atoms with Crippen LogP contribution in [0.4, 0.5) is 8.78 Å². The van der Waals surface area contributed by atoms with Crippen LogP contribution in [0.3, 0.4) is 0 Å². The topological polar surface area (TPSA) is 12.0 Å². The molecule has 1 N–H and O–H groups in total. The predicted molar refractivity (Wildman–Crippen MR) is 85.6 cm³/mol. The smallest absolute Gasteiger partial charge is 0.143 e. The molecule has 1 unspecified atom stereocenters. The molecule has 0 aliphatic carbocycles. The van der Waals surface area contributed by atoms with E-state index in [4.69, 9.17) is 11.6 Å². The number of benzene rings is 2. The van der Waals surface area contributed by atoms with Gasteiger partial charge in [0.05, 0.1) is 4.47 Å². The van der Waals surface area contributed by atoms with Gasteiger partial charge in [-0.15, -0.1) is 0 Å². The van der Waals surface area contributed by atoms with Crippen molar-refractivity contribution < 1.29 is 8.78 Å². The van der Waals surface area contributed by atoms with Crippen LogP contribution in [-0.2, 0) is 6.42 Å². The summed E-state index contributed by atoms with van der Waals surface area (Å²) in [6.45, 7) is 2.64. The molecule has 0 radical (unpaired) electrons. The Kier molecular flexibility index (Phi) is 5.73. The third kappa shape index (κ3) is 4.02. The van der Waals surface area contributed by atoms with Crippen molar-refractivity contribution in [2.24, 2.45) is 0 Å². The molecule has 0 fully saturated rings. The molecular formula is C16H15BrClF2N. The highest BCUT2D eigenvalue weighted by Crippen LogP contribution is 2.27. The van der Waals surface area contributed by atoms with Gasteiger partial charge >= 0.3 is 0 Å².